The highest BCUT2D eigenvalue weighted by Gasteiger charge is 2.22. The van der Waals surface area contributed by atoms with Crippen LogP contribution in [0.3, 0.4) is 0 Å². The largest absolute Gasteiger partial charge is 0.481 e. The third-order valence-electron chi connectivity index (χ3n) is 4.07. The van der Waals surface area contributed by atoms with Gasteiger partial charge in [-0.15, -0.1) is 0 Å². The molecule has 1 atom stereocenters. The summed E-state index contributed by atoms with van der Waals surface area (Å²) in [6, 6.07) is 14.5. The lowest BCUT2D eigenvalue weighted by molar-refractivity contribution is -0.127. The van der Waals surface area contributed by atoms with E-state index in [2.05, 4.69) is 10.3 Å². The Labute approximate surface area is 144 Å². The Morgan fingerprint density at radius 2 is 1.84 bits per heavy atom. The zero-order valence-electron chi connectivity index (χ0n) is 13.6. The first-order valence-corrected chi connectivity index (χ1v) is 8.36. The molecule has 0 aliphatic carbocycles. The lowest BCUT2D eigenvalue weighted by Crippen LogP contribution is -2.36. The van der Waals surface area contributed by atoms with Gasteiger partial charge in [0.25, 0.3) is 5.91 Å². The van der Waals surface area contributed by atoms with Crippen LogP contribution in [-0.4, -0.2) is 23.5 Å². The van der Waals surface area contributed by atoms with Crippen molar-refractivity contribution in [2.75, 3.05) is 6.54 Å². The van der Waals surface area contributed by atoms with Crippen LogP contribution in [-0.2, 0) is 4.79 Å². The fraction of sp³-hybridized carbons (Fsp3) is 0.263. The minimum atomic E-state index is -0.439. The Balaban J connectivity index is 1.43. The quantitative estimate of drug-likeness (QED) is 0.786. The summed E-state index contributed by atoms with van der Waals surface area (Å²) in [6.45, 7) is 0.718. The lowest BCUT2D eigenvalue weighted by Gasteiger charge is -2.15. The maximum absolute atomic E-state index is 11.9. The number of oxazole rings is 1. The number of carbonyl (C=O) groups is 1. The summed E-state index contributed by atoms with van der Waals surface area (Å²) in [5.74, 6) is 1.17. The van der Waals surface area contributed by atoms with E-state index in [-0.39, 0.29) is 12.0 Å². The second-order valence-electron chi connectivity index (χ2n) is 5.91. The van der Waals surface area contributed by atoms with E-state index >= 15 is 0 Å². The number of nitrogens with zero attached hydrogens (tertiary/aromatic N) is 1. The van der Waals surface area contributed by atoms with Gasteiger partial charge in [-0.3, -0.25) is 4.79 Å². The summed E-state index contributed by atoms with van der Waals surface area (Å²) in [7, 11) is 0. The topological polar surface area (TPSA) is 73.6 Å². The van der Waals surface area contributed by atoms with E-state index in [1.54, 1.807) is 24.3 Å². The average Bonchev–Trinajstić information content (AvgIpc) is 2.93. The van der Waals surface area contributed by atoms with E-state index in [9.17, 15) is 4.79 Å². The Hall–Kier alpha value is -3.02. The number of fused-ring (bicyclic) bond motifs is 1. The zero-order valence-corrected chi connectivity index (χ0v) is 13.6. The standard InChI is InChI=1S/C19H18N2O4/c22-18-17(7-3-4-12-20-18)23-13-8-10-14(11-9-13)24-19-21-15-5-1-2-6-16(15)25-19/h1-2,5-6,8-11,17H,3-4,7,12H2,(H,20,22). The summed E-state index contributed by atoms with van der Waals surface area (Å²) in [6.07, 6.45) is 2.45. The smallest absolute Gasteiger partial charge is 0.400 e. The van der Waals surface area contributed by atoms with Crippen molar-refractivity contribution in [1.29, 1.82) is 0 Å². The third-order valence-corrected chi connectivity index (χ3v) is 4.07. The van der Waals surface area contributed by atoms with Crippen molar-refractivity contribution in [2.24, 2.45) is 0 Å². The number of rotatable bonds is 4. The SMILES string of the molecule is O=C1NCCCCC1Oc1ccc(Oc2nc3ccccc3o2)cc1. The first kappa shape index (κ1) is 15.5. The summed E-state index contributed by atoms with van der Waals surface area (Å²) in [5.41, 5.74) is 1.42. The molecule has 1 aliphatic heterocycles. The number of aromatic nitrogens is 1. The van der Waals surface area contributed by atoms with Gasteiger partial charge in [0.15, 0.2) is 11.7 Å². The Morgan fingerprint density at radius 1 is 1.04 bits per heavy atom. The van der Waals surface area contributed by atoms with Crippen LogP contribution < -0.4 is 14.8 Å². The van der Waals surface area contributed by atoms with E-state index in [0.29, 0.717) is 17.1 Å². The molecule has 0 bridgehead atoms. The minimum absolute atomic E-state index is 0.0516. The van der Waals surface area contributed by atoms with Gasteiger partial charge in [0.05, 0.1) is 0 Å². The van der Waals surface area contributed by atoms with E-state index in [0.717, 1.165) is 31.3 Å². The van der Waals surface area contributed by atoms with Crippen LogP contribution >= 0.6 is 0 Å². The van der Waals surface area contributed by atoms with Gasteiger partial charge in [-0.1, -0.05) is 12.1 Å². The van der Waals surface area contributed by atoms with E-state index < -0.39 is 6.10 Å². The number of para-hydroxylation sites is 2. The molecule has 0 radical (unpaired) electrons. The molecule has 6 nitrogen and oxygen atoms in total. The van der Waals surface area contributed by atoms with Gasteiger partial charge in [0.1, 0.15) is 17.0 Å². The molecule has 3 aromatic rings. The van der Waals surface area contributed by atoms with Crippen LogP contribution in [0.5, 0.6) is 17.6 Å². The summed E-state index contributed by atoms with van der Waals surface area (Å²) in [5, 5.41) is 2.86. The highest BCUT2D eigenvalue weighted by molar-refractivity contribution is 5.81. The number of carbonyl (C=O) groups excluding carboxylic acids is 1. The Kier molecular flexibility index (Phi) is 4.24. The maximum atomic E-state index is 11.9. The molecule has 6 heteroatoms. The van der Waals surface area contributed by atoms with Crippen LogP contribution in [0.1, 0.15) is 19.3 Å². The molecule has 0 saturated carbocycles. The highest BCUT2D eigenvalue weighted by Crippen LogP contribution is 2.27. The number of ether oxygens (including phenoxy) is 2. The molecule has 1 aromatic heterocycles. The molecule has 25 heavy (non-hydrogen) atoms. The molecule has 2 aromatic carbocycles. The van der Waals surface area contributed by atoms with E-state index in [1.165, 1.54) is 0 Å². The van der Waals surface area contributed by atoms with Crippen LogP contribution in [0.15, 0.2) is 52.9 Å². The van der Waals surface area contributed by atoms with Gasteiger partial charge < -0.3 is 19.2 Å². The van der Waals surface area contributed by atoms with Crippen molar-refractivity contribution in [3.05, 3.63) is 48.5 Å². The number of benzene rings is 2. The molecule has 0 spiro atoms. The fourth-order valence-corrected chi connectivity index (χ4v) is 2.77. The van der Waals surface area contributed by atoms with Crippen molar-refractivity contribution in [1.82, 2.24) is 10.3 Å². The monoisotopic (exact) mass is 338 g/mol. The fourth-order valence-electron chi connectivity index (χ4n) is 2.77. The predicted octanol–water partition coefficient (Wildman–Crippen LogP) is 3.67. The van der Waals surface area contributed by atoms with E-state index in [4.69, 9.17) is 13.9 Å². The molecule has 4 rings (SSSR count). The summed E-state index contributed by atoms with van der Waals surface area (Å²) < 4.78 is 17.0. The Bertz CT molecular complexity index is 840. The molecule has 1 amide bonds. The van der Waals surface area contributed by atoms with Crippen LogP contribution in [0, 0.1) is 0 Å². The van der Waals surface area contributed by atoms with Crippen molar-refractivity contribution in [2.45, 2.75) is 25.4 Å². The molecule has 128 valence electrons. The number of hydrogen-bond acceptors (Lipinski definition) is 5. The van der Waals surface area contributed by atoms with Crippen molar-refractivity contribution < 1.29 is 18.7 Å². The second-order valence-corrected chi connectivity index (χ2v) is 5.91. The highest BCUT2D eigenvalue weighted by atomic mass is 16.6. The molecule has 1 aliphatic rings. The summed E-state index contributed by atoms with van der Waals surface area (Å²) in [4.78, 5) is 16.2. The molecule has 2 heterocycles. The number of amides is 1. The van der Waals surface area contributed by atoms with Crippen LogP contribution in [0.4, 0.5) is 0 Å². The van der Waals surface area contributed by atoms with Crippen molar-refractivity contribution >= 4 is 17.0 Å². The van der Waals surface area contributed by atoms with Gasteiger partial charge >= 0.3 is 6.08 Å². The molecular weight excluding hydrogens is 320 g/mol. The third kappa shape index (κ3) is 3.57. The lowest BCUT2D eigenvalue weighted by atomic mass is 10.2. The van der Waals surface area contributed by atoms with Crippen molar-refractivity contribution in [3.63, 3.8) is 0 Å². The zero-order chi connectivity index (χ0) is 17.1. The first-order chi connectivity index (χ1) is 12.3. The average molecular weight is 338 g/mol. The minimum Gasteiger partial charge on any atom is -0.481 e. The van der Waals surface area contributed by atoms with Crippen LogP contribution in [0.25, 0.3) is 11.1 Å². The van der Waals surface area contributed by atoms with Crippen LogP contribution in [0.2, 0.25) is 0 Å². The molecule has 1 fully saturated rings. The van der Waals surface area contributed by atoms with Gasteiger partial charge in [-0.25, -0.2) is 0 Å². The number of nitrogens with one attached hydrogen (secondary N) is 1. The van der Waals surface area contributed by atoms with Crippen molar-refractivity contribution in [3.8, 4) is 17.6 Å². The molecule has 1 N–H and O–H groups in total. The number of hydrogen-bond donors (Lipinski definition) is 1. The van der Waals surface area contributed by atoms with Gasteiger partial charge in [0, 0.05) is 6.54 Å². The van der Waals surface area contributed by atoms with Gasteiger partial charge in [-0.2, -0.15) is 4.98 Å². The first-order valence-electron chi connectivity index (χ1n) is 8.36. The van der Waals surface area contributed by atoms with Gasteiger partial charge in [-0.05, 0) is 55.7 Å². The molecule has 1 unspecified atom stereocenters. The normalized spacial score (nSPS) is 17.8. The van der Waals surface area contributed by atoms with E-state index in [1.807, 2.05) is 24.3 Å². The Morgan fingerprint density at radius 3 is 2.68 bits per heavy atom. The molecule has 1 saturated heterocycles. The van der Waals surface area contributed by atoms with Gasteiger partial charge in [0.2, 0.25) is 0 Å². The maximum Gasteiger partial charge on any atom is 0.400 e. The second kappa shape index (κ2) is 6.84. The predicted molar refractivity (Wildman–Crippen MR) is 91.8 cm³/mol. The summed E-state index contributed by atoms with van der Waals surface area (Å²) >= 11 is 0. The molecular formula is C19H18N2O4.